The standard InChI is InChI=1S/C22H19N3O4S/c1-27-15-9-12(10-16-19(15)29-7-6-28-16)8-13(11-23)20-24-21(26)18-14-4-2-3-5-17(14)30-22(18)25-20/h8-10H,2-7H2,1H3,(H,24,25,26)/b13-8+. The number of fused-ring (bicyclic) bond motifs is 4. The van der Waals surface area contributed by atoms with Crippen LogP contribution in [0.3, 0.4) is 0 Å². The fourth-order valence-electron chi connectivity index (χ4n) is 3.99. The highest BCUT2D eigenvalue weighted by Gasteiger charge is 2.21. The fourth-order valence-corrected chi connectivity index (χ4v) is 5.25. The number of benzene rings is 1. The normalized spacial score (nSPS) is 15.5. The average Bonchev–Trinajstić information content (AvgIpc) is 3.15. The Hall–Kier alpha value is -3.31. The molecule has 2 aliphatic rings. The molecule has 152 valence electrons. The molecule has 0 bridgehead atoms. The molecule has 0 atom stereocenters. The number of rotatable bonds is 3. The zero-order chi connectivity index (χ0) is 20.7. The summed E-state index contributed by atoms with van der Waals surface area (Å²) in [5.74, 6) is 1.91. The average molecular weight is 421 g/mol. The lowest BCUT2D eigenvalue weighted by Crippen LogP contribution is -2.16. The third-order valence-corrected chi connectivity index (χ3v) is 6.55. The summed E-state index contributed by atoms with van der Waals surface area (Å²) in [6.07, 6.45) is 5.80. The maximum Gasteiger partial charge on any atom is 0.260 e. The molecule has 0 fully saturated rings. The number of methoxy groups -OCH3 is 1. The maximum atomic E-state index is 12.8. The van der Waals surface area contributed by atoms with Crippen LogP contribution >= 0.6 is 11.3 Å². The van der Waals surface area contributed by atoms with E-state index in [4.69, 9.17) is 14.2 Å². The Balaban J connectivity index is 1.61. The van der Waals surface area contributed by atoms with Crippen LogP contribution in [0, 0.1) is 11.3 Å². The lowest BCUT2D eigenvalue weighted by atomic mass is 9.97. The van der Waals surface area contributed by atoms with Crippen LogP contribution in [0.15, 0.2) is 16.9 Å². The number of aromatic nitrogens is 2. The van der Waals surface area contributed by atoms with Crippen molar-refractivity contribution in [3.63, 3.8) is 0 Å². The molecular formula is C22H19N3O4S. The highest BCUT2D eigenvalue weighted by molar-refractivity contribution is 7.18. The summed E-state index contributed by atoms with van der Waals surface area (Å²) < 4.78 is 16.7. The van der Waals surface area contributed by atoms with E-state index in [1.807, 2.05) is 0 Å². The van der Waals surface area contributed by atoms with E-state index < -0.39 is 0 Å². The van der Waals surface area contributed by atoms with Crippen molar-refractivity contribution in [3.05, 3.63) is 44.3 Å². The third-order valence-electron chi connectivity index (χ3n) is 5.36. The number of hydrogen-bond acceptors (Lipinski definition) is 7. The molecule has 2 aromatic heterocycles. The molecule has 0 unspecified atom stereocenters. The van der Waals surface area contributed by atoms with Gasteiger partial charge in [0.2, 0.25) is 5.75 Å². The molecule has 0 spiro atoms. The van der Waals surface area contributed by atoms with Gasteiger partial charge in [-0.1, -0.05) is 0 Å². The van der Waals surface area contributed by atoms with E-state index in [1.54, 1.807) is 36.7 Å². The molecule has 0 amide bonds. The smallest absolute Gasteiger partial charge is 0.260 e. The first-order valence-electron chi connectivity index (χ1n) is 9.82. The van der Waals surface area contributed by atoms with Crippen molar-refractivity contribution in [1.82, 2.24) is 9.97 Å². The summed E-state index contributed by atoms with van der Waals surface area (Å²) in [6.45, 7) is 0.904. The van der Waals surface area contributed by atoms with E-state index in [-0.39, 0.29) is 17.0 Å². The van der Waals surface area contributed by atoms with E-state index in [0.29, 0.717) is 46.2 Å². The van der Waals surface area contributed by atoms with Gasteiger partial charge in [-0.2, -0.15) is 5.26 Å². The Morgan fingerprint density at radius 2 is 2.13 bits per heavy atom. The van der Waals surface area contributed by atoms with E-state index in [9.17, 15) is 10.1 Å². The first kappa shape index (κ1) is 18.7. The number of aromatic amines is 1. The summed E-state index contributed by atoms with van der Waals surface area (Å²) in [5, 5.41) is 10.4. The van der Waals surface area contributed by atoms with Crippen molar-refractivity contribution < 1.29 is 14.2 Å². The Bertz CT molecular complexity index is 1260. The van der Waals surface area contributed by atoms with Crippen LogP contribution in [-0.4, -0.2) is 30.3 Å². The largest absolute Gasteiger partial charge is 0.493 e. The number of H-pyrrole nitrogens is 1. The summed E-state index contributed by atoms with van der Waals surface area (Å²) in [5.41, 5.74) is 1.90. The molecular weight excluding hydrogens is 402 g/mol. The summed E-state index contributed by atoms with van der Waals surface area (Å²) >= 11 is 1.56. The Kier molecular flexibility index (Phi) is 4.68. The predicted octanol–water partition coefficient (Wildman–Crippen LogP) is 3.71. The molecule has 5 rings (SSSR count). The zero-order valence-corrected chi connectivity index (χ0v) is 17.2. The fraction of sp³-hybridized carbons (Fsp3) is 0.318. The quantitative estimate of drug-likeness (QED) is 0.648. The molecule has 1 aromatic carbocycles. The van der Waals surface area contributed by atoms with Gasteiger partial charge in [0.25, 0.3) is 5.56 Å². The molecule has 3 heterocycles. The Labute approximate surface area is 176 Å². The van der Waals surface area contributed by atoms with Gasteiger partial charge in [0.05, 0.1) is 18.1 Å². The Morgan fingerprint density at radius 3 is 2.97 bits per heavy atom. The van der Waals surface area contributed by atoms with Crippen molar-refractivity contribution in [2.75, 3.05) is 20.3 Å². The second-order valence-electron chi connectivity index (χ2n) is 7.22. The van der Waals surface area contributed by atoms with Crippen LogP contribution in [0.25, 0.3) is 21.9 Å². The number of hydrogen-bond donors (Lipinski definition) is 1. The molecule has 1 aliphatic carbocycles. The molecule has 1 aliphatic heterocycles. The van der Waals surface area contributed by atoms with Crippen LogP contribution in [0.1, 0.15) is 34.7 Å². The number of nitriles is 1. The van der Waals surface area contributed by atoms with Gasteiger partial charge >= 0.3 is 0 Å². The minimum Gasteiger partial charge on any atom is -0.493 e. The van der Waals surface area contributed by atoms with Gasteiger partial charge in [0.1, 0.15) is 24.1 Å². The van der Waals surface area contributed by atoms with Gasteiger partial charge in [0.15, 0.2) is 17.3 Å². The number of nitrogens with zero attached hydrogens (tertiary/aromatic N) is 2. The minimum atomic E-state index is -0.185. The van der Waals surface area contributed by atoms with Gasteiger partial charge in [-0.25, -0.2) is 4.98 Å². The van der Waals surface area contributed by atoms with Crippen molar-refractivity contribution in [3.8, 4) is 23.3 Å². The van der Waals surface area contributed by atoms with Gasteiger partial charge in [0, 0.05) is 4.88 Å². The van der Waals surface area contributed by atoms with Gasteiger partial charge in [-0.05, 0) is 55.0 Å². The number of ether oxygens (including phenoxy) is 3. The van der Waals surface area contributed by atoms with Crippen molar-refractivity contribution >= 4 is 33.2 Å². The van der Waals surface area contributed by atoms with Crippen molar-refractivity contribution in [2.24, 2.45) is 0 Å². The molecule has 7 nitrogen and oxygen atoms in total. The molecule has 8 heteroatoms. The topological polar surface area (TPSA) is 97.2 Å². The lowest BCUT2D eigenvalue weighted by molar-refractivity contribution is 0.165. The van der Waals surface area contributed by atoms with Crippen LogP contribution in [0.2, 0.25) is 0 Å². The van der Waals surface area contributed by atoms with E-state index in [0.717, 1.165) is 31.2 Å². The van der Waals surface area contributed by atoms with E-state index in [2.05, 4.69) is 16.0 Å². The highest BCUT2D eigenvalue weighted by atomic mass is 32.1. The van der Waals surface area contributed by atoms with Crippen LogP contribution in [-0.2, 0) is 12.8 Å². The molecule has 0 radical (unpaired) electrons. The second kappa shape index (κ2) is 7.50. The highest BCUT2D eigenvalue weighted by Crippen LogP contribution is 2.41. The van der Waals surface area contributed by atoms with E-state index in [1.165, 1.54) is 4.88 Å². The maximum absolute atomic E-state index is 12.8. The van der Waals surface area contributed by atoms with Gasteiger partial charge in [-0.3, -0.25) is 4.79 Å². The molecule has 0 saturated carbocycles. The summed E-state index contributed by atoms with van der Waals surface area (Å²) in [6, 6.07) is 5.71. The first-order valence-corrected chi connectivity index (χ1v) is 10.6. The number of thiophene rings is 1. The number of nitrogens with one attached hydrogen (secondary N) is 1. The number of allylic oxidation sites excluding steroid dienone is 1. The van der Waals surface area contributed by atoms with Crippen LogP contribution in [0.4, 0.5) is 0 Å². The second-order valence-corrected chi connectivity index (χ2v) is 8.31. The SMILES string of the molecule is COc1cc(/C=C(\C#N)c2nc3sc4c(c3c(=O)[nH]2)CCCC4)cc2c1OCCO2. The van der Waals surface area contributed by atoms with Gasteiger partial charge < -0.3 is 19.2 Å². The van der Waals surface area contributed by atoms with E-state index >= 15 is 0 Å². The Morgan fingerprint density at radius 1 is 1.30 bits per heavy atom. The predicted molar refractivity (Wildman–Crippen MR) is 114 cm³/mol. The lowest BCUT2D eigenvalue weighted by Gasteiger charge is -2.21. The number of aryl methyl sites for hydroxylation is 2. The van der Waals surface area contributed by atoms with Crippen molar-refractivity contribution in [1.29, 1.82) is 5.26 Å². The zero-order valence-electron chi connectivity index (χ0n) is 16.4. The molecule has 3 aromatic rings. The third kappa shape index (κ3) is 3.12. The summed E-state index contributed by atoms with van der Waals surface area (Å²) in [4.78, 5) is 22.2. The molecule has 1 N–H and O–H groups in total. The first-order chi connectivity index (χ1) is 14.7. The van der Waals surface area contributed by atoms with Crippen LogP contribution < -0.4 is 19.8 Å². The minimum absolute atomic E-state index is 0.185. The molecule has 0 saturated heterocycles. The summed E-state index contributed by atoms with van der Waals surface area (Å²) in [7, 11) is 1.55. The van der Waals surface area contributed by atoms with Gasteiger partial charge in [-0.15, -0.1) is 11.3 Å². The van der Waals surface area contributed by atoms with Crippen LogP contribution in [0.5, 0.6) is 17.2 Å². The molecule has 30 heavy (non-hydrogen) atoms. The van der Waals surface area contributed by atoms with Crippen molar-refractivity contribution in [2.45, 2.75) is 25.7 Å². The monoisotopic (exact) mass is 421 g/mol.